The monoisotopic (exact) mass is 444 g/mol. The zero-order valence-electron chi connectivity index (χ0n) is 17.7. The summed E-state index contributed by atoms with van der Waals surface area (Å²) < 4.78 is 38.6. The molecule has 0 bridgehead atoms. The number of para-hydroxylation sites is 1. The number of nitrogens with one attached hydrogen (secondary N) is 3. The van der Waals surface area contributed by atoms with Crippen molar-refractivity contribution in [3.05, 3.63) is 65.5 Å². The fraction of sp³-hybridized carbons (Fsp3) is 0.417. The normalized spacial score (nSPS) is 25.8. The Morgan fingerprint density at radius 1 is 1.19 bits per heavy atom. The van der Waals surface area contributed by atoms with Crippen molar-refractivity contribution in [1.82, 2.24) is 10.6 Å². The summed E-state index contributed by atoms with van der Waals surface area (Å²) in [6.45, 7) is -0.350. The maximum Gasteiger partial charge on any atom is 0.277 e. The van der Waals surface area contributed by atoms with E-state index in [1.165, 1.54) is 0 Å². The first-order valence-corrected chi connectivity index (χ1v) is 11.0. The van der Waals surface area contributed by atoms with E-state index in [1.54, 1.807) is 30.3 Å². The van der Waals surface area contributed by atoms with Crippen LogP contribution in [0.3, 0.4) is 0 Å². The van der Waals surface area contributed by atoms with Gasteiger partial charge in [0, 0.05) is 29.7 Å². The first-order chi connectivity index (χ1) is 15.5. The summed E-state index contributed by atoms with van der Waals surface area (Å²) in [5.41, 5.74) is 2.60. The van der Waals surface area contributed by atoms with Gasteiger partial charge in [0.15, 0.2) is 0 Å². The number of benzene rings is 1. The Morgan fingerprint density at radius 2 is 1.97 bits per heavy atom. The molecule has 1 saturated carbocycles. The number of hydrogen-bond donors (Lipinski definition) is 3. The lowest BCUT2D eigenvalue weighted by molar-refractivity contribution is 0.0926. The molecule has 1 atom stereocenters. The molecule has 1 aromatic rings. The first kappa shape index (κ1) is 22.2. The molecule has 0 radical (unpaired) electrons. The third-order valence-corrected chi connectivity index (χ3v) is 6.01. The molecule has 1 unspecified atom stereocenters. The minimum absolute atomic E-state index is 0.0454. The second kappa shape index (κ2) is 10.1. The number of allylic oxidation sites excluding steroid dienone is 5. The number of halogens is 3. The zero-order valence-corrected chi connectivity index (χ0v) is 17.7. The molecule has 0 spiro atoms. The van der Waals surface area contributed by atoms with Gasteiger partial charge in [0.25, 0.3) is 12.3 Å². The van der Waals surface area contributed by atoms with Gasteiger partial charge in [0.2, 0.25) is 0 Å². The number of amides is 1. The van der Waals surface area contributed by atoms with Gasteiger partial charge in [-0.1, -0.05) is 18.2 Å². The lowest BCUT2D eigenvalue weighted by atomic mass is 9.90. The van der Waals surface area contributed by atoms with Crippen LogP contribution in [0.1, 0.15) is 36.0 Å². The Balaban J connectivity index is 1.34. The second-order valence-electron chi connectivity index (χ2n) is 8.20. The van der Waals surface area contributed by atoms with Crippen LogP contribution >= 0.6 is 0 Å². The van der Waals surface area contributed by atoms with E-state index < -0.39 is 13.1 Å². The van der Waals surface area contributed by atoms with Crippen LogP contribution in [0.15, 0.2) is 65.0 Å². The molecule has 170 valence electrons. The predicted molar refractivity (Wildman–Crippen MR) is 120 cm³/mol. The maximum atomic E-state index is 13.0. The van der Waals surface area contributed by atoms with Crippen LogP contribution in [0.2, 0.25) is 0 Å². The Labute approximate surface area is 185 Å². The molecule has 1 amide bonds. The lowest BCUT2D eigenvalue weighted by Crippen LogP contribution is -2.38. The number of carbonyl (C=O) groups excluding carboxylic acids is 1. The van der Waals surface area contributed by atoms with E-state index in [1.807, 2.05) is 18.2 Å². The Hall–Kier alpha value is -3.03. The molecule has 0 aromatic heterocycles. The van der Waals surface area contributed by atoms with Crippen LogP contribution in [-0.2, 0) is 0 Å². The van der Waals surface area contributed by atoms with Gasteiger partial charge in [-0.25, -0.2) is 13.2 Å². The van der Waals surface area contributed by atoms with Crippen molar-refractivity contribution in [3.63, 3.8) is 0 Å². The molecular formula is C24H27F3N4O. The molecule has 3 N–H and O–H groups in total. The number of aliphatic imine (C=N–C) groups is 1. The van der Waals surface area contributed by atoms with Crippen molar-refractivity contribution >= 4 is 17.3 Å². The highest BCUT2D eigenvalue weighted by Gasteiger charge is 2.31. The number of fused-ring (bicyclic) bond motifs is 1. The maximum absolute atomic E-state index is 13.0. The van der Waals surface area contributed by atoms with Gasteiger partial charge in [-0.3, -0.25) is 9.79 Å². The number of alkyl halides is 3. The molecule has 4 rings (SSSR count). The van der Waals surface area contributed by atoms with Crippen LogP contribution in [0.25, 0.3) is 0 Å². The fourth-order valence-corrected chi connectivity index (χ4v) is 4.39. The van der Waals surface area contributed by atoms with Crippen LogP contribution < -0.4 is 16.0 Å². The van der Waals surface area contributed by atoms with Crippen molar-refractivity contribution in [2.24, 2.45) is 10.9 Å². The van der Waals surface area contributed by atoms with Crippen molar-refractivity contribution in [3.8, 4) is 0 Å². The van der Waals surface area contributed by atoms with E-state index in [-0.39, 0.29) is 36.2 Å². The van der Waals surface area contributed by atoms with E-state index >= 15 is 0 Å². The Bertz CT molecular complexity index is 962. The molecule has 5 nitrogen and oxygen atoms in total. The first-order valence-electron chi connectivity index (χ1n) is 11.0. The molecule has 1 aliphatic heterocycles. The minimum Gasteiger partial charge on any atom is -0.382 e. The standard InChI is InChI=1S/C24H27F3N4O/c25-12-13-28-19-5-2-1-4-17(19)24(32)30-16-10-8-15(9-11-16)29-20-6-3-7-21-18(20)14-22(31-21)23(26)27/h1-7,14-16,18,23,28,31H,8-13H2,(H,30,32). The molecule has 1 aromatic carbocycles. The zero-order chi connectivity index (χ0) is 22.5. The summed E-state index contributed by atoms with van der Waals surface area (Å²) in [4.78, 5) is 17.6. The average Bonchev–Trinajstić information content (AvgIpc) is 3.25. The summed E-state index contributed by atoms with van der Waals surface area (Å²) in [5.74, 6) is -0.414. The summed E-state index contributed by atoms with van der Waals surface area (Å²) in [7, 11) is 0. The quantitative estimate of drug-likeness (QED) is 0.585. The molecule has 1 heterocycles. The van der Waals surface area contributed by atoms with Crippen LogP contribution in [0, 0.1) is 5.92 Å². The van der Waals surface area contributed by atoms with E-state index in [0.29, 0.717) is 11.3 Å². The third kappa shape index (κ3) is 5.06. The average molecular weight is 445 g/mol. The van der Waals surface area contributed by atoms with Gasteiger partial charge in [-0.05, 0) is 56.0 Å². The Morgan fingerprint density at radius 3 is 2.72 bits per heavy atom. The van der Waals surface area contributed by atoms with Crippen LogP contribution in [0.5, 0.6) is 0 Å². The van der Waals surface area contributed by atoms with Crippen molar-refractivity contribution in [2.45, 2.75) is 44.2 Å². The van der Waals surface area contributed by atoms with E-state index in [4.69, 9.17) is 4.99 Å². The van der Waals surface area contributed by atoms with Gasteiger partial charge in [-0.15, -0.1) is 0 Å². The SMILES string of the molecule is O=C(NC1CCC(N=C2C=CC=C3NC(C(F)F)=CC32)CC1)c1ccccc1NCCF. The fourth-order valence-electron chi connectivity index (χ4n) is 4.39. The molecule has 32 heavy (non-hydrogen) atoms. The predicted octanol–water partition coefficient (Wildman–Crippen LogP) is 4.37. The van der Waals surface area contributed by atoms with Crippen LogP contribution in [0.4, 0.5) is 18.9 Å². The number of nitrogens with zero attached hydrogens (tertiary/aromatic N) is 1. The molecule has 8 heteroatoms. The van der Waals surface area contributed by atoms with Gasteiger partial charge in [-0.2, -0.15) is 0 Å². The van der Waals surface area contributed by atoms with Gasteiger partial charge in [0.05, 0.1) is 23.2 Å². The summed E-state index contributed by atoms with van der Waals surface area (Å²) in [6, 6.07) is 7.23. The highest BCUT2D eigenvalue weighted by atomic mass is 19.3. The second-order valence-corrected chi connectivity index (χ2v) is 8.20. The molecule has 2 aliphatic carbocycles. The third-order valence-electron chi connectivity index (χ3n) is 6.01. The molecule has 0 saturated heterocycles. The number of hydrogen-bond acceptors (Lipinski definition) is 4. The van der Waals surface area contributed by atoms with Crippen molar-refractivity contribution in [2.75, 3.05) is 18.5 Å². The summed E-state index contributed by atoms with van der Waals surface area (Å²) in [6.07, 6.45) is 7.77. The minimum atomic E-state index is -2.53. The summed E-state index contributed by atoms with van der Waals surface area (Å²) in [5, 5.41) is 8.81. The lowest BCUT2D eigenvalue weighted by Gasteiger charge is -2.28. The topological polar surface area (TPSA) is 65.5 Å². The van der Waals surface area contributed by atoms with E-state index in [0.717, 1.165) is 37.1 Å². The van der Waals surface area contributed by atoms with E-state index in [9.17, 15) is 18.0 Å². The largest absolute Gasteiger partial charge is 0.382 e. The van der Waals surface area contributed by atoms with Crippen LogP contribution in [-0.4, -0.2) is 43.3 Å². The molecule has 3 aliphatic rings. The highest BCUT2D eigenvalue weighted by molar-refractivity contribution is 6.02. The van der Waals surface area contributed by atoms with Gasteiger partial charge in [0.1, 0.15) is 6.67 Å². The number of carbonyl (C=O) groups is 1. The van der Waals surface area contributed by atoms with Gasteiger partial charge >= 0.3 is 0 Å². The number of rotatable bonds is 7. The smallest absolute Gasteiger partial charge is 0.277 e. The molecule has 1 fully saturated rings. The van der Waals surface area contributed by atoms with Gasteiger partial charge < -0.3 is 16.0 Å². The molecular weight excluding hydrogens is 417 g/mol. The number of anilines is 1. The van der Waals surface area contributed by atoms with E-state index in [2.05, 4.69) is 16.0 Å². The van der Waals surface area contributed by atoms with Crippen molar-refractivity contribution in [1.29, 1.82) is 0 Å². The Kier molecular flexibility index (Phi) is 6.97. The summed E-state index contributed by atoms with van der Waals surface area (Å²) >= 11 is 0. The highest BCUT2D eigenvalue weighted by Crippen LogP contribution is 2.30. The van der Waals surface area contributed by atoms with Crippen molar-refractivity contribution < 1.29 is 18.0 Å².